The number of nitrogen functional groups attached to an aromatic ring is 1. The SMILES string of the molecule is N#Cc1cc(C#N)c(SCc2ccc(C(N)=O)cc2[N+](=O)[O-])nc1N. The Bertz CT molecular complexity index is 961. The summed E-state index contributed by atoms with van der Waals surface area (Å²) >= 11 is 1.06. The van der Waals surface area contributed by atoms with Gasteiger partial charge in [-0.2, -0.15) is 10.5 Å². The fourth-order valence-electron chi connectivity index (χ4n) is 1.94. The summed E-state index contributed by atoms with van der Waals surface area (Å²) in [5, 5.41) is 29.5. The average molecular weight is 354 g/mol. The Morgan fingerprint density at radius 3 is 2.52 bits per heavy atom. The van der Waals surface area contributed by atoms with Gasteiger partial charge in [0, 0.05) is 22.9 Å². The maximum atomic E-state index is 11.2. The van der Waals surface area contributed by atoms with E-state index >= 15 is 0 Å². The first-order valence-corrected chi connectivity index (χ1v) is 7.66. The lowest BCUT2D eigenvalue weighted by Gasteiger charge is -2.07. The molecule has 1 amide bonds. The van der Waals surface area contributed by atoms with Crippen molar-refractivity contribution in [2.45, 2.75) is 10.8 Å². The van der Waals surface area contributed by atoms with Crippen molar-refractivity contribution in [2.24, 2.45) is 5.73 Å². The summed E-state index contributed by atoms with van der Waals surface area (Å²) in [6.07, 6.45) is 0. The molecule has 0 spiro atoms. The van der Waals surface area contributed by atoms with Crippen LogP contribution in [0.4, 0.5) is 11.5 Å². The average Bonchev–Trinajstić information content (AvgIpc) is 2.59. The Balaban J connectivity index is 2.35. The molecule has 0 bridgehead atoms. The lowest BCUT2D eigenvalue weighted by molar-refractivity contribution is -0.385. The van der Waals surface area contributed by atoms with Crippen LogP contribution in [0, 0.1) is 32.8 Å². The lowest BCUT2D eigenvalue weighted by Crippen LogP contribution is -2.11. The van der Waals surface area contributed by atoms with E-state index in [9.17, 15) is 14.9 Å². The summed E-state index contributed by atoms with van der Waals surface area (Å²) in [6, 6.07) is 8.96. The van der Waals surface area contributed by atoms with E-state index in [1.54, 1.807) is 0 Å². The van der Waals surface area contributed by atoms with Crippen molar-refractivity contribution in [2.75, 3.05) is 5.73 Å². The van der Waals surface area contributed by atoms with Crippen molar-refractivity contribution in [1.29, 1.82) is 10.5 Å². The zero-order chi connectivity index (χ0) is 18.6. The van der Waals surface area contributed by atoms with Crippen LogP contribution in [0.3, 0.4) is 0 Å². The number of anilines is 1. The van der Waals surface area contributed by atoms with Crippen LogP contribution in [0.1, 0.15) is 27.0 Å². The maximum absolute atomic E-state index is 11.2. The highest BCUT2D eigenvalue weighted by atomic mass is 32.2. The number of aromatic nitrogens is 1. The summed E-state index contributed by atoms with van der Waals surface area (Å²) in [5.41, 5.74) is 11.1. The third-order valence-corrected chi connectivity index (χ3v) is 4.23. The molecule has 9 nitrogen and oxygen atoms in total. The van der Waals surface area contributed by atoms with Crippen molar-refractivity contribution in [1.82, 2.24) is 4.98 Å². The minimum Gasteiger partial charge on any atom is -0.383 e. The van der Waals surface area contributed by atoms with Gasteiger partial charge in [0.05, 0.1) is 16.1 Å². The monoisotopic (exact) mass is 354 g/mol. The summed E-state index contributed by atoms with van der Waals surface area (Å²) < 4.78 is 0. The molecule has 4 N–H and O–H groups in total. The molecule has 1 aromatic heterocycles. The molecule has 0 aliphatic rings. The van der Waals surface area contributed by atoms with E-state index in [4.69, 9.17) is 22.0 Å². The van der Waals surface area contributed by atoms with Crippen molar-refractivity contribution in [3.05, 3.63) is 56.6 Å². The number of nitro groups is 1. The highest BCUT2D eigenvalue weighted by Gasteiger charge is 2.18. The molecule has 0 atom stereocenters. The number of carbonyl (C=O) groups is 1. The highest BCUT2D eigenvalue weighted by molar-refractivity contribution is 7.98. The van der Waals surface area contributed by atoms with Gasteiger partial charge in [0.15, 0.2) is 0 Å². The van der Waals surface area contributed by atoms with E-state index in [2.05, 4.69) is 4.98 Å². The van der Waals surface area contributed by atoms with Gasteiger partial charge in [-0.05, 0) is 12.1 Å². The van der Waals surface area contributed by atoms with Crippen LogP contribution in [0.5, 0.6) is 0 Å². The Morgan fingerprint density at radius 2 is 1.96 bits per heavy atom. The number of pyridine rings is 1. The van der Waals surface area contributed by atoms with Crippen LogP contribution in [0.2, 0.25) is 0 Å². The Labute approximate surface area is 146 Å². The predicted molar refractivity (Wildman–Crippen MR) is 89.3 cm³/mol. The normalized spacial score (nSPS) is 9.84. The minimum atomic E-state index is -0.768. The molecular weight excluding hydrogens is 344 g/mol. The number of nitrogens with zero attached hydrogens (tertiary/aromatic N) is 4. The lowest BCUT2D eigenvalue weighted by atomic mass is 10.1. The van der Waals surface area contributed by atoms with E-state index in [1.807, 2.05) is 12.1 Å². The predicted octanol–water partition coefficient (Wildman–Crippen LogP) is 1.71. The number of nitriles is 2. The van der Waals surface area contributed by atoms with E-state index in [0.29, 0.717) is 5.56 Å². The number of thioether (sulfide) groups is 1. The molecule has 0 aliphatic carbocycles. The number of nitro benzene ring substituents is 1. The number of benzene rings is 1. The molecule has 0 unspecified atom stereocenters. The molecule has 10 heteroatoms. The molecule has 0 fully saturated rings. The first kappa shape index (κ1) is 17.7. The topological polar surface area (TPSA) is 173 Å². The standard InChI is InChI=1S/C15H10N6O3S/c16-5-10-3-11(6-17)15(20-13(10)18)25-7-9-2-1-8(14(19)22)4-12(9)21(23)24/h1-4H,7H2,(H2,18,20)(H2,19,22). The van der Waals surface area contributed by atoms with Crippen LogP contribution in [0.25, 0.3) is 0 Å². The number of carbonyl (C=O) groups excluding carboxylic acids is 1. The van der Waals surface area contributed by atoms with Gasteiger partial charge < -0.3 is 11.5 Å². The van der Waals surface area contributed by atoms with Gasteiger partial charge >= 0.3 is 0 Å². The van der Waals surface area contributed by atoms with Gasteiger partial charge in [-0.1, -0.05) is 17.8 Å². The van der Waals surface area contributed by atoms with Gasteiger partial charge in [0.1, 0.15) is 23.0 Å². The fourth-order valence-corrected chi connectivity index (χ4v) is 2.90. The molecule has 0 aliphatic heterocycles. The van der Waals surface area contributed by atoms with Crippen LogP contribution in [0.15, 0.2) is 29.3 Å². The second kappa shape index (κ2) is 7.29. The Kier molecular flexibility index (Phi) is 5.17. The van der Waals surface area contributed by atoms with Crippen LogP contribution >= 0.6 is 11.8 Å². The fraction of sp³-hybridized carbons (Fsp3) is 0.0667. The molecule has 1 heterocycles. The van der Waals surface area contributed by atoms with Gasteiger partial charge in [-0.25, -0.2) is 4.98 Å². The minimum absolute atomic E-state index is 0.0254. The van der Waals surface area contributed by atoms with Gasteiger partial charge in [-0.15, -0.1) is 0 Å². The number of amides is 1. The highest BCUT2D eigenvalue weighted by Crippen LogP contribution is 2.30. The Hall–Kier alpha value is -3.63. The zero-order valence-electron chi connectivity index (χ0n) is 12.6. The van der Waals surface area contributed by atoms with Crippen molar-refractivity contribution in [3.63, 3.8) is 0 Å². The summed E-state index contributed by atoms with van der Waals surface area (Å²) in [7, 11) is 0. The zero-order valence-corrected chi connectivity index (χ0v) is 13.4. The molecule has 2 rings (SSSR count). The first-order chi connectivity index (χ1) is 11.9. The molecule has 25 heavy (non-hydrogen) atoms. The molecule has 0 saturated carbocycles. The number of hydrogen-bond donors (Lipinski definition) is 2. The number of rotatable bonds is 5. The summed E-state index contributed by atoms with van der Waals surface area (Å²) in [4.78, 5) is 25.7. The summed E-state index contributed by atoms with van der Waals surface area (Å²) in [5.74, 6) is -0.680. The third kappa shape index (κ3) is 3.83. The number of nitrogens with two attached hydrogens (primary N) is 2. The van der Waals surface area contributed by atoms with E-state index in [-0.39, 0.29) is 39.0 Å². The first-order valence-electron chi connectivity index (χ1n) is 6.68. The maximum Gasteiger partial charge on any atom is 0.274 e. The largest absolute Gasteiger partial charge is 0.383 e. The van der Waals surface area contributed by atoms with Crippen molar-refractivity contribution < 1.29 is 9.72 Å². The molecule has 124 valence electrons. The van der Waals surface area contributed by atoms with Crippen LogP contribution < -0.4 is 11.5 Å². The summed E-state index contributed by atoms with van der Waals surface area (Å²) in [6.45, 7) is 0. The van der Waals surface area contributed by atoms with Gasteiger partial charge in [-0.3, -0.25) is 14.9 Å². The van der Waals surface area contributed by atoms with E-state index < -0.39 is 10.8 Å². The van der Waals surface area contributed by atoms with E-state index in [0.717, 1.165) is 17.8 Å². The Morgan fingerprint density at radius 1 is 1.28 bits per heavy atom. The smallest absolute Gasteiger partial charge is 0.274 e. The van der Waals surface area contributed by atoms with Crippen molar-refractivity contribution >= 4 is 29.2 Å². The molecule has 1 aromatic carbocycles. The number of hydrogen-bond acceptors (Lipinski definition) is 8. The molecule has 0 radical (unpaired) electrons. The second-order valence-electron chi connectivity index (χ2n) is 4.75. The van der Waals surface area contributed by atoms with Crippen molar-refractivity contribution in [3.8, 4) is 12.1 Å². The molecule has 0 saturated heterocycles. The second-order valence-corrected chi connectivity index (χ2v) is 5.72. The van der Waals surface area contributed by atoms with E-state index in [1.165, 1.54) is 18.2 Å². The number of primary amides is 1. The van der Waals surface area contributed by atoms with Crippen LogP contribution in [-0.2, 0) is 5.75 Å². The molecule has 2 aromatic rings. The quantitative estimate of drug-likeness (QED) is 0.463. The van der Waals surface area contributed by atoms with Gasteiger partial charge in [0.2, 0.25) is 5.91 Å². The molecular formula is C15H10N6O3S. The van der Waals surface area contributed by atoms with Gasteiger partial charge in [0.25, 0.3) is 5.69 Å². The third-order valence-electron chi connectivity index (χ3n) is 3.19. The van der Waals surface area contributed by atoms with Crippen LogP contribution in [-0.4, -0.2) is 15.8 Å².